The lowest BCUT2D eigenvalue weighted by molar-refractivity contribution is -0.146. The molecular formula is C29H33NO5. The number of esters is 1. The Balaban J connectivity index is 1.77. The van der Waals surface area contributed by atoms with Gasteiger partial charge in [-0.2, -0.15) is 0 Å². The maximum absolute atomic E-state index is 13.7. The number of rotatable bonds is 7. The summed E-state index contributed by atoms with van der Waals surface area (Å²) in [6.45, 7) is 6.21. The first-order chi connectivity index (χ1) is 16.9. The molecule has 0 saturated heterocycles. The Bertz CT molecular complexity index is 1200. The Morgan fingerprint density at radius 2 is 1.77 bits per heavy atom. The van der Waals surface area contributed by atoms with E-state index in [2.05, 4.69) is 0 Å². The summed E-state index contributed by atoms with van der Waals surface area (Å²) in [6, 6.07) is 13.7. The average molecular weight is 476 g/mol. The summed E-state index contributed by atoms with van der Waals surface area (Å²) in [4.78, 5) is 31.8. The number of carbonyl (C=O) groups excluding carboxylic acids is 2. The summed E-state index contributed by atoms with van der Waals surface area (Å²) in [6.07, 6.45) is 1.71. The zero-order chi connectivity index (χ0) is 25.1. The number of ketones is 1. The van der Waals surface area contributed by atoms with Crippen LogP contribution < -0.4 is 9.47 Å². The number of Topliss-reactive ketones (excluding diaryl/α,β-unsaturated/α-hetero) is 1. The minimum absolute atomic E-state index is 0.0290. The predicted octanol–water partition coefficient (Wildman–Crippen LogP) is 5.54. The molecule has 0 N–H and O–H groups in total. The lowest BCUT2D eigenvalue weighted by atomic mass is 9.68. The van der Waals surface area contributed by atoms with Gasteiger partial charge in [0.1, 0.15) is 5.92 Å². The van der Waals surface area contributed by atoms with Gasteiger partial charge >= 0.3 is 5.97 Å². The van der Waals surface area contributed by atoms with Crippen LogP contribution in [0.25, 0.3) is 0 Å². The van der Waals surface area contributed by atoms with Crippen molar-refractivity contribution < 1.29 is 23.8 Å². The molecule has 1 aliphatic carbocycles. The maximum Gasteiger partial charge on any atom is 0.315 e. The summed E-state index contributed by atoms with van der Waals surface area (Å²) < 4.78 is 16.4. The number of carbonyl (C=O) groups is 2. The fourth-order valence-corrected chi connectivity index (χ4v) is 5.27. The van der Waals surface area contributed by atoms with Gasteiger partial charge in [-0.15, -0.1) is 0 Å². The maximum atomic E-state index is 13.7. The van der Waals surface area contributed by atoms with Gasteiger partial charge in [0, 0.05) is 29.3 Å². The smallest absolute Gasteiger partial charge is 0.315 e. The molecule has 35 heavy (non-hydrogen) atoms. The van der Waals surface area contributed by atoms with Crippen molar-refractivity contribution >= 4 is 17.5 Å². The second-order valence-corrected chi connectivity index (χ2v) is 9.24. The Morgan fingerprint density at radius 1 is 1.03 bits per heavy atom. The average Bonchev–Trinajstić information content (AvgIpc) is 2.86. The van der Waals surface area contributed by atoms with Crippen molar-refractivity contribution in [2.75, 3.05) is 20.8 Å². The van der Waals surface area contributed by atoms with Crippen LogP contribution in [0.2, 0.25) is 0 Å². The molecule has 2 aromatic carbocycles. The molecule has 0 saturated carbocycles. The Morgan fingerprint density at radius 3 is 2.46 bits per heavy atom. The lowest BCUT2D eigenvalue weighted by Crippen LogP contribution is -2.38. The molecule has 1 heterocycles. The van der Waals surface area contributed by atoms with Crippen molar-refractivity contribution in [3.63, 3.8) is 0 Å². The summed E-state index contributed by atoms with van der Waals surface area (Å²) in [5.74, 6) is -0.0323. The van der Waals surface area contributed by atoms with Gasteiger partial charge in [0.05, 0.1) is 20.8 Å². The molecule has 1 unspecified atom stereocenters. The van der Waals surface area contributed by atoms with E-state index < -0.39 is 11.8 Å². The van der Waals surface area contributed by atoms with E-state index in [-0.39, 0.29) is 17.7 Å². The molecule has 0 aromatic heterocycles. The molecule has 6 nitrogen and oxygen atoms in total. The first-order valence-electron chi connectivity index (χ1n) is 12.1. The van der Waals surface area contributed by atoms with E-state index in [1.165, 1.54) is 0 Å². The third-order valence-electron chi connectivity index (χ3n) is 6.99. The van der Waals surface area contributed by atoms with E-state index in [1.807, 2.05) is 63.2 Å². The number of allylic oxidation sites excluding steroid dienone is 2. The number of hydrogen-bond acceptors (Lipinski definition) is 6. The zero-order valence-electron chi connectivity index (χ0n) is 21.1. The molecule has 0 fully saturated rings. The van der Waals surface area contributed by atoms with Gasteiger partial charge in [-0.05, 0) is 61.4 Å². The van der Waals surface area contributed by atoms with Gasteiger partial charge in [0.2, 0.25) is 0 Å². The number of hydrogen-bond donors (Lipinski definition) is 0. The fourth-order valence-electron chi connectivity index (χ4n) is 5.27. The van der Waals surface area contributed by atoms with E-state index >= 15 is 0 Å². The second kappa shape index (κ2) is 10.5. The van der Waals surface area contributed by atoms with Crippen molar-refractivity contribution in [2.45, 2.75) is 51.9 Å². The highest BCUT2D eigenvalue weighted by Gasteiger charge is 2.45. The van der Waals surface area contributed by atoms with Crippen LogP contribution in [0.5, 0.6) is 11.5 Å². The molecule has 184 valence electrons. The molecule has 0 amide bonds. The number of aliphatic imine (C=N–C) groups is 1. The number of ether oxygens (including phenoxy) is 3. The monoisotopic (exact) mass is 475 g/mol. The molecule has 1 aliphatic heterocycles. The van der Waals surface area contributed by atoms with Crippen LogP contribution in [0, 0.1) is 12.8 Å². The van der Waals surface area contributed by atoms with Crippen molar-refractivity contribution in [3.8, 4) is 11.5 Å². The Hall–Kier alpha value is -3.41. The fraction of sp³-hybridized carbons (Fsp3) is 0.414. The van der Waals surface area contributed by atoms with Crippen molar-refractivity contribution in [1.29, 1.82) is 0 Å². The summed E-state index contributed by atoms with van der Waals surface area (Å²) in [7, 11) is 3.21. The molecule has 2 aromatic rings. The number of nitrogens with zero attached hydrogens (tertiary/aromatic N) is 1. The normalized spacial score (nSPS) is 21.8. The van der Waals surface area contributed by atoms with Crippen LogP contribution in [-0.4, -0.2) is 38.3 Å². The van der Waals surface area contributed by atoms with Gasteiger partial charge < -0.3 is 14.2 Å². The topological polar surface area (TPSA) is 74.2 Å². The molecule has 0 bridgehead atoms. The van der Waals surface area contributed by atoms with Crippen LogP contribution in [0.15, 0.2) is 58.7 Å². The first kappa shape index (κ1) is 24.7. The Labute approximate surface area is 207 Å². The molecule has 3 atom stereocenters. The highest BCUT2D eigenvalue weighted by molar-refractivity contribution is 6.09. The molecular weight excluding hydrogens is 442 g/mol. The third kappa shape index (κ3) is 4.75. The first-order valence-corrected chi connectivity index (χ1v) is 12.1. The summed E-state index contributed by atoms with van der Waals surface area (Å²) >= 11 is 0. The number of methoxy groups -OCH3 is 2. The van der Waals surface area contributed by atoms with Crippen molar-refractivity contribution in [2.24, 2.45) is 10.9 Å². The highest BCUT2D eigenvalue weighted by atomic mass is 16.5. The Kier molecular flexibility index (Phi) is 7.39. The SMILES string of the molecule is CCCOC(=O)C1C(C)=NC2=C(C(=O)C[C@@H](c3ccc(OC)c(OC)c3)C2)[C@H]1c1ccccc1C. The lowest BCUT2D eigenvalue weighted by Gasteiger charge is -2.37. The van der Waals surface area contributed by atoms with Gasteiger partial charge in [-0.3, -0.25) is 14.6 Å². The minimum atomic E-state index is -0.608. The van der Waals surface area contributed by atoms with E-state index in [1.54, 1.807) is 14.2 Å². The second-order valence-electron chi connectivity index (χ2n) is 9.24. The number of aryl methyl sites for hydroxylation is 1. The summed E-state index contributed by atoms with van der Waals surface area (Å²) in [5.41, 5.74) is 5.14. The van der Waals surface area contributed by atoms with Gasteiger partial charge in [-0.25, -0.2) is 0 Å². The van der Waals surface area contributed by atoms with E-state index in [0.29, 0.717) is 42.2 Å². The largest absolute Gasteiger partial charge is 0.493 e. The number of benzene rings is 2. The van der Waals surface area contributed by atoms with Crippen LogP contribution in [0.1, 0.15) is 61.6 Å². The highest BCUT2D eigenvalue weighted by Crippen LogP contribution is 2.48. The molecule has 4 rings (SSSR count). The van der Waals surface area contributed by atoms with Crippen LogP contribution >= 0.6 is 0 Å². The van der Waals surface area contributed by atoms with Crippen molar-refractivity contribution in [1.82, 2.24) is 0 Å². The van der Waals surface area contributed by atoms with Crippen molar-refractivity contribution in [3.05, 3.63) is 70.4 Å². The quantitative estimate of drug-likeness (QED) is 0.492. The van der Waals surface area contributed by atoms with E-state index in [9.17, 15) is 9.59 Å². The van der Waals surface area contributed by atoms with E-state index in [4.69, 9.17) is 19.2 Å². The molecule has 0 spiro atoms. The van der Waals surface area contributed by atoms with Gasteiger partial charge in [0.15, 0.2) is 17.3 Å². The standard InChI is InChI=1S/C29H33NO5/c1-6-13-35-29(32)26-18(3)30-22-14-20(19-11-12-24(33-4)25(16-19)34-5)15-23(31)28(22)27(26)21-10-8-7-9-17(21)2/h7-12,16,20,26-27H,6,13-15H2,1-5H3/t20-,26?,27-/m0/s1. The molecule has 6 heteroatoms. The third-order valence-corrected chi connectivity index (χ3v) is 6.99. The predicted molar refractivity (Wildman–Crippen MR) is 135 cm³/mol. The zero-order valence-corrected chi connectivity index (χ0v) is 21.1. The van der Waals surface area contributed by atoms with Crippen LogP contribution in [0.3, 0.4) is 0 Å². The molecule has 2 aliphatic rings. The van der Waals surface area contributed by atoms with Gasteiger partial charge in [-0.1, -0.05) is 37.3 Å². The summed E-state index contributed by atoms with van der Waals surface area (Å²) in [5, 5.41) is 0. The van der Waals surface area contributed by atoms with Crippen LogP contribution in [0.4, 0.5) is 0 Å². The van der Waals surface area contributed by atoms with Gasteiger partial charge in [0.25, 0.3) is 0 Å². The van der Waals surface area contributed by atoms with Crippen LogP contribution in [-0.2, 0) is 14.3 Å². The molecule has 0 radical (unpaired) electrons. The minimum Gasteiger partial charge on any atom is -0.493 e. The van der Waals surface area contributed by atoms with E-state index in [0.717, 1.165) is 28.8 Å².